The minimum absolute atomic E-state index is 0.0390. The molecule has 118 valence electrons. The third-order valence-electron chi connectivity index (χ3n) is 4.18. The van der Waals surface area contributed by atoms with E-state index in [9.17, 15) is 4.79 Å². The molecule has 0 bridgehead atoms. The van der Waals surface area contributed by atoms with Gasteiger partial charge < -0.3 is 9.47 Å². The van der Waals surface area contributed by atoms with E-state index in [1.54, 1.807) is 10.8 Å². The van der Waals surface area contributed by atoms with Crippen LogP contribution in [0.2, 0.25) is 0 Å². The Morgan fingerprint density at radius 2 is 1.91 bits per heavy atom. The van der Waals surface area contributed by atoms with Crippen molar-refractivity contribution in [3.63, 3.8) is 0 Å². The highest BCUT2D eigenvalue weighted by Crippen LogP contribution is 2.21. The van der Waals surface area contributed by atoms with Gasteiger partial charge in [-0.05, 0) is 38.1 Å². The molecule has 3 aromatic rings. The highest BCUT2D eigenvalue weighted by Gasteiger charge is 2.19. The summed E-state index contributed by atoms with van der Waals surface area (Å²) in [7, 11) is 1.89. The first kappa shape index (κ1) is 15.2. The zero-order chi connectivity index (χ0) is 16.4. The first-order valence-electron chi connectivity index (χ1n) is 7.76. The van der Waals surface area contributed by atoms with E-state index in [0.29, 0.717) is 12.4 Å². The molecule has 0 aliphatic rings. The lowest BCUT2D eigenvalue weighted by Gasteiger charge is -2.25. The number of pyridine rings is 1. The lowest BCUT2D eigenvalue weighted by atomic mass is 10.2. The number of aryl methyl sites for hydroxylation is 1. The number of para-hydroxylation sites is 2. The van der Waals surface area contributed by atoms with Gasteiger partial charge in [-0.3, -0.25) is 9.78 Å². The Kier molecular flexibility index (Phi) is 4.10. The molecule has 0 aliphatic carbocycles. The second kappa shape index (κ2) is 6.20. The molecule has 2 heterocycles. The van der Waals surface area contributed by atoms with Gasteiger partial charge in [-0.1, -0.05) is 18.2 Å². The van der Waals surface area contributed by atoms with Crippen LogP contribution < -0.4 is 10.5 Å². The maximum absolute atomic E-state index is 12.8. The second-order valence-electron chi connectivity index (χ2n) is 5.52. The Morgan fingerprint density at radius 3 is 2.61 bits per heavy atom. The van der Waals surface area contributed by atoms with E-state index in [1.807, 2.05) is 68.3 Å². The number of aromatic nitrogens is 3. The van der Waals surface area contributed by atoms with Gasteiger partial charge in [0.25, 0.3) is 5.56 Å². The lowest BCUT2D eigenvalue weighted by Crippen LogP contribution is -2.33. The maximum Gasteiger partial charge on any atom is 0.294 e. The van der Waals surface area contributed by atoms with Gasteiger partial charge in [0.15, 0.2) is 5.82 Å². The quantitative estimate of drug-likeness (QED) is 0.743. The third kappa shape index (κ3) is 2.70. The van der Waals surface area contributed by atoms with Gasteiger partial charge in [0.1, 0.15) is 0 Å². The molecule has 0 fully saturated rings. The van der Waals surface area contributed by atoms with Crippen LogP contribution in [0.1, 0.15) is 25.6 Å². The van der Waals surface area contributed by atoms with E-state index >= 15 is 0 Å². The fourth-order valence-corrected chi connectivity index (χ4v) is 2.73. The zero-order valence-corrected chi connectivity index (χ0v) is 13.6. The van der Waals surface area contributed by atoms with Crippen molar-refractivity contribution in [2.45, 2.75) is 26.4 Å². The van der Waals surface area contributed by atoms with Gasteiger partial charge in [0, 0.05) is 19.8 Å². The van der Waals surface area contributed by atoms with Crippen LogP contribution in [-0.4, -0.2) is 21.6 Å². The number of hydrogen-bond donors (Lipinski definition) is 0. The highest BCUT2D eigenvalue weighted by molar-refractivity contribution is 5.76. The van der Waals surface area contributed by atoms with Crippen molar-refractivity contribution in [3.05, 3.63) is 64.7 Å². The second-order valence-corrected chi connectivity index (χ2v) is 5.52. The van der Waals surface area contributed by atoms with Crippen molar-refractivity contribution in [1.29, 1.82) is 0 Å². The summed E-state index contributed by atoms with van der Waals surface area (Å²) in [4.78, 5) is 23.7. The summed E-state index contributed by atoms with van der Waals surface area (Å²) < 4.78 is 1.76. The van der Waals surface area contributed by atoms with Crippen molar-refractivity contribution in [2.75, 3.05) is 11.9 Å². The van der Waals surface area contributed by atoms with Gasteiger partial charge in [0.05, 0.1) is 22.8 Å². The van der Waals surface area contributed by atoms with Crippen LogP contribution in [0, 0.1) is 0 Å². The van der Waals surface area contributed by atoms with E-state index in [2.05, 4.69) is 9.97 Å². The summed E-state index contributed by atoms with van der Waals surface area (Å²) in [6, 6.07) is 13.5. The van der Waals surface area contributed by atoms with Crippen LogP contribution in [0.4, 0.5) is 5.82 Å². The smallest absolute Gasteiger partial charge is 0.294 e. The van der Waals surface area contributed by atoms with Crippen molar-refractivity contribution in [2.24, 2.45) is 0 Å². The van der Waals surface area contributed by atoms with Crippen molar-refractivity contribution < 1.29 is 0 Å². The molecule has 0 saturated heterocycles. The number of anilines is 1. The van der Waals surface area contributed by atoms with Crippen LogP contribution in [0.5, 0.6) is 0 Å². The first-order chi connectivity index (χ1) is 11.1. The topological polar surface area (TPSA) is 51.0 Å². The standard InChI is InChI=1S/C18H20N4O/c1-4-22-16-11-6-5-10-15(16)20-17(18(22)23)21(3)13(2)14-9-7-8-12-19-14/h5-13H,4H2,1-3H3/t13-/m0/s1. The van der Waals surface area contributed by atoms with Gasteiger partial charge in [-0.2, -0.15) is 0 Å². The van der Waals surface area contributed by atoms with E-state index in [4.69, 9.17) is 0 Å². The molecule has 0 aliphatic heterocycles. The molecular weight excluding hydrogens is 288 g/mol. The van der Waals surface area contributed by atoms with Gasteiger partial charge in [0.2, 0.25) is 0 Å². The summed E-state index contributed by atoms with van der Waals surface area (Å²) in [5.41, 5.74) is 2.52. The number of hydrogen-bond acceptors (Lipinski definition) is 4. The molecule has 2 aromatic heterocycles. The fraction of sp³-hybridized carbons (Fsp3) is 0.278. The Hall–Kier alpha value is -2.69. The van der Waals surface area contributed by atoms with Crippen LogP contribution in [-0.2, 0) is 6.54 Å². The average molecular weight is 308 g/mol. The average Bonchev–Trinajstić information content (AvgIpc) is 2.61. The summed E-state index contributed by atoms with van der Waals surface area (Å²) in [5.74, 6) is 0.448. The van der Waals surface area contributed by atoms with E-state index in [0.717, 1.165) is 16.7 Å². The molecule has 23 heavy (non-hydrogen) atoms. The summed E-state index contributed by atoms with van der Waals surface area (Å²) in [6.07, 6.45) is 1.76. The predicted molar refractivity (Wildman–Crippen MR) is 92.7 cm³/mol. The van der Waals surface area contributed by atoms with Crippen LogP contribution in [0.15, 0.2) is 53.5 Å². The Morgan fingerprint density at radius 1 is 1.17 bits per heavy atom. The third-order valence-corrected chi connectivity index (χ3v) is 4.18. The molecule has 1 atom stereocenters. The normalized spacial score (nSPS) is 12.3. The molecule has 0 N–H and O–H groups in total. The molecule has 0 spiro atoms. The molecular formula is C18H20N4O. The minimum atomic E-state index is -0.0727. The first-order valence-corrected chi connectivity index (χ1v) is 7.76. The molecule has 5 heteroatoms. The molecule has 0 unspecified atom stereocenters. The predicted octanol–water partition coefficient (Wildman–Crippen LogP) is 3.01. The van der Waals surface area contributed by atoms with Crippen molar-refractivity contribution >= 4 is 16.9 Å². The SMILES string of the molecule is CCn1c(=O)c(N(C)[C@@H](C)c2ccccn2)nc2ccccc21. The van der Waals surface area contributed by atoms with Gasteiger partial charge in [-0.25, -0.2) is 4.98 Å². The molecule has 0 amide bonds. The molecule has 5 nitrogen and oxygen atoms in total. The van der Waals surface area contributed by atoms with Gasteiger partial charge in [-0.15, -0.1) is 0 Å². The van der Waals surface area contributed by atoms with Crippen LogP contribution in [0.3, 0.4) is 0 Å². The largest absolute Gasteiger partial charge is 0.347 e. The van der Waals surface area contributed by atoms with Crippen LogP contribution in [0.25, 0.3) is 11.0 Å². The van der Waals surface area contributed by atoms with Crippen LogP contribution >= 0.6 is 0 Å². The van der Waals surface area contributed by atoms with E-state index in [1.165, 1.54) is 0 Å². The number of benzene rings is 1. The number of rotatable bonds is 4. The molecule has 3 rings (SSSR count). The van der Waals surface area contributed by atoms with E-state index < -0.39 is 0 Å². The van der Waals surface area contributed by atoms with Crippen molar-refractivity contribution in [3.8, 4) is 0 Å². The van der Waals surface area contributed by atoms with Crippen molar-refractivity contribution in [1.82, 2.24) is 14.5 Å². The minimum Gasteiger partial charge on any atom is -0.347 e. The molecule has 1 aromatic carbocycles. The summed E-state index contributed by atoms with van der Waals surface area (Å²) in [6.45, 7) is 4.61. The fourth-order valence-electron chi connectivity index (χ4n) is 2.73. The lowest BCUT2D eigenvalue weighted by molar-refractivity contribution is 0.683. The Balaban J connectivity index is 2.12. The number of fused-ring (bicyclic) bond motifs is 1. The maximum atomic E-state index is 12.8. The highest BCUT2D eigenvalue weighted by atomic mass is 16.1. The zero-order valence-electron chi connectivity index (χ0n) is 13.6. The molecule has 0 radical (unpaired) electrons. The monoisotopic (exact) mass is 308 g/mol. The van der Waals surface area contributed by atoms with Gasteiger partial charge >= 0.3 is 0 Å². The Labute approximate surface area is 135 Å². The number of nitrogens with zero attached hydrogens (tertiary/aromatic N) is 4. The summed E-state index contributed by atoms with van der Waals surface area (Å²) >= 11 is 0. The summed E-state index contributed by atoms with van der Waals surface area (Å²) in [5, 5.41) is 0. The molecule has 0 saturated carbocycles. The Bertz CT molecular complexity index is 873. The van der Waals surface area contributed by atoms with E-state index in [-0.39, 0.29) is 11.6 Å².